The number of carbonyl (C=O) groups excluding carboxylic acids is 4. The molecule has 1 aromatic carbocycles. The second kappa shape index (κ2) is 9.64. The Balaban J connectivity index is 2.01. The molecule has 1 fully saturated rings. The molecule has 0 aliphatic carbocycles. The monoisotopic (exact) mass is 472 g/mol. The Hall–Kier alpha value is -3.10. The minimum atomic E-state index is -1.08. The highest BCUT2D eigenvalue weighted by Gasteiger charge is 2.41. The van der Waals surface area contributed by atoms with Crippen LogP contribution in [0.25, 0.3) is 0 Å². The van der Waals surface area contributed by atoms with Crippen molar-refractivity contribution < 1.29 is 23.9 Å². The van der Waals surface area contributed by atoms with Gasteiger partial charge in [0.05, 0.1) is 17.9 Å². The van der Waals surface area contributed by atoms with Crippen molar-refractivity contribution in [3.05, 3.63) is 24.3 Å². The first-order valence-electron chi connectivity index (χ1n) is 11.8. The standard InChI is InChI=1S/C25H36N4O5/c1-24(2,3)22(32)29-15-17(26-23(33)34-25(4,5)6)21(31)28(18-11-7-8-12-19(18)29)16-20(30)27-13-9-10-14-27/h7-8,11-12,17H,9-10,13-16H2,1-6H3,(H,26,33). The Labute approximate surface area is 201 Å². The van der Waals surface area contributed by atoms with Crippen LogP contribution in [0.3, 0.4) is 0 Å². The van der Waals surface area contributed by atoms with Gasteiger partial charge in [0.15, 0.2) is 0 Å². The van der Waals surface area contributed by atoms with Gasteiger partial charge in [-0.3, -0.25) is 19.3 Å². The number of amides is 4. The first-order chi connectivity index (χ1) is 15.8. The molecule has 4 amide bonds. The van der Waals surface area contributed by atoms with E-state index in [1.54, 1.807) is 70.7 Å². The second-order valence-electron chi connectivity index (χ2n) is 10.9. The van der Waals surface area contributed by atoms with Crippen molar-refractivity contribution >= 4 is 35.2 Å². The number of ether oxygens (including phenoxy) is 1. The van der Waals surface area contributed by atoms with E-state index < -0.39 is 29.1 Å². The summed E-state index contributed by atoms with van der Waals surface area (Å²) in [5, 5.41) is 2.64. The van der Waals surface area contributed by atoms with Gasteiger partial charge in [0, 0.05) is 18.5 Å². The smallest absolute Gasteiger partial charge is 0.408 e. The molecule has 34 heavy (non-hydrogen) atoms. The maximum atomic E-state index is 13.7. The van der Waals surface area contributed by atoms with Crippen LogP contribution in [0.2, 0.25) is 0 Å². The number of anilines is 2. The zero-order valence-corrected chi connectivity index (χ0v) is 21.0. The predicted octanol–water partition coefficient (Wildman–Crippen LogP) is 2.93. The van der Waals surface area contributed by atoms with Crippen LogP contribution in [0.15, 0.2) is 24.3 Å². The second-order valence-corrected chi connectivity index (χ2v) is 10.9. The van der Waals surface area contributed by atoms with E-state index >= 15 is 0 Å². The molecule has 2 aliphatic rings. The summed E-state index contributed by atoms with van der Waals surface area (Å²) < 4.78 is 5.37. The minimum Gasteiger partial charge on any atom is -0.444 e. The third kappa shape index (κ3) is 5.87. The van der Waals surface area contributed by atoms with E-state index in [-0.39, 0.29) is 24.9 Å². The van der Waals surface area contributed by atoms with Gasteiger partial charge < -0.3 is 19.9 Å². The first kappa shape index (κ1) is 25.5. The summed E-state index contributed by atoms with van der Waals surface area (Å²) >= 11 is 0. The van der Waals surface area contributed by atoms with Gasteiger partial charge in [-0.05, 0) is 45.7 Å². The molecule has 0 radical (unpaired) electrons. The topological polar surface area (TPSA) is 99.3 Å². The Kier molecular flexibility index (Phi) is 7.24. The molecule has 9 nitrogen and oxygen atoms in total. The molecule has 3 rings (SSSR count). The van der Waals surface area contributed by atoms with Crippen LogP contribution >= 0.6 is 0 Å². The van der Waals surface area contributed by atoms with Crippen molar-refractivity contribution in [2.45, 2.75) is 66.0 Å². The van der Waals surface area contributed by atoms with E-state index in [2.05, 4.69) is 5.32 Å². The van der Waals surface area contributed by atoms with E-state index in [1.165, 1.54) is 9.80 Å². The number of hydrogen-bond donors (Lipinski definition) is 1. The highest BCUT2D eigenvalue weighted by atomic mass is 16.6. The van der Waals surface area contributed by atoms with E-state index in [9.17, 15) is 19.2 Å². The van der Waals surface area contributed by atoms with Crippen LogP contribution in [0.1, 0.15) is 54.4 Å². The molecule has 0 aromatic heterocycles. The Bertz CT molecular complexity index is 957. The fourth-order valence-electron chi connectivity index (χ4n) is 4.11. The Morgan fingerprint density at radius 3 is 2.15 bits per heavy atom. The lowest BCUT2D eigenvalue weighted by molar-refractivity contribution is -0.131. The highest BCUT2D eigenvalue weighted by molar-refractivity contribution is 6.10. The Morgan fingerprint density at radius 2 is 1.59 bits per heavy atom. The van der Waals surface area contributed by atoms with Gasteiger partial charge in [0.1, 0.15) is 18.2 Å². The number of benzene rings is 1. The van der Waals surface area contributed by atoms with Crippen LogP contribution < -0.4 is 15.1 Å². The summed E-state index contributed by atoms with van der Waals surface area (Å²) in [6.07, 6.45) is 1.12. The van der Waals surface area contributed by atoms with E-state index in [1.807, 2.05) is 0 Å². The fraction of sp³-hybridized carbons (Fsp3) is 0.600. The molecule has 1 N–H and O–H groups in total. The normalized spacial score (nSPS) is 18.9. The predicted molar refractivity (Wildman–Crippen MR) is 130 cm³/mol. The van der Waals surface area contributed by atoms with Crippen molar-refractivity contribution in [3.63, 3.8) is 0 Å². The van der Waals surface area contributed by atoms with Gasteiger partial charge in [0.2, 0.25) is 11.8 Å². The third-order valence-electron chi connectivity index (χ3n) is 5.72. The number of carbonyl (C=O) groups is 4. The van der Waals surface area contributed by atoms with Gasteiger partial charge in [-0.2, -0.15) is 0 Å². The molecule has 1 saturated heterocycles. The number of hydrogen-bond acceptors (Lipinski definition) is 5. The average molecular weight is 473 g/mol. The quantitative estimate of drug-likeness (QED) is 0.729. The molecule has 0 spiro atoms. The molecule has 9 heteroatoms. The van der Waals surface area contributed by atoms with Crippen molar-refractivity contribution in [2.24, 2.45) is 5.41 Å². The highest BCUT2D eigenvalue weighted by Crippen LogP contribution is 2.35. The molecule has 1 atom stereocenters. The number of nitrogens with one attached hydrogen (secondary N) is 1. The van der Waals surface area contributed by atoms with Gasteiger partial charge in [-0.25, -0.2) is 4.79 Å². The molecular weight excluding hydrogens is 436 g/mol. The molecule has 186 valence electrons. The first-order valence-corrected chi connectivity index (χ1v) is 11.8. The van der Waals surface area contributed by atoms with Gasteiger partial charge in [-0.15, -0.1) is 0 Å². The van der Waals surface area contributed by atoms with Gasteiger partial charge >= 0.3 is 6.09 Å². The van der Waals surface area contributed by atoms with E-state index in [0.717, 1.165) is 12.8 Å². The summed E-state index contributed by atoms with van der Waals surface area (Å²) in [6.45, 7) is 11.7. The number of fused-ring (bicyclic) bond motifs is 1. The fourth-order valence-corrected chi connectivity index (χ4v) is 4.11. The average Bonchev–Trinajstić information content (AvgIpc) is 3.24. The minimum absolute atomic E-state index is 0.0698. The Morgan fingerprint density at radius 1 is 1.00 bits per heavy atom. The number of para-hydroxylation sites is 2. The van der Waals surface area contributed by atoms with Crippen molar-refractivity contribution in [2.75, 3.05) is 36.0 Å². The molecule has 0 saturated carbocycles. The summed E-state index contributed by atoms with van der Waals surface area (Å²) in [7, 11) is 0. The van der Waals surface area contributed by atoms with Gasteiger partial charge in [-0.1, -0.05) is 32.9 Å². The number of alkyl carbamates (subject to hydrolysis) is 1. The lowest BCUT2D eigenvalue weighted by Crippen LogP contribution is -2.55. The molecular formula is C25H36N4O5. The summed E-state index contributed by atoms with van der Waals surface area (Å²) in [6, 6.07) is 5.95. The maximum Gasteiger partial charge on any atom is 0.408 e. The summed E-state index contributed by atoms with van der Waals surface area (Å²) in [5.41, 5.74) is -0.495. The molecule has 0 bridgehead atoms. The third-order valence-corrected chi connectivity index (χ3v) is 5.72. The van der Waals surface area contributed by atoms with Gasteiger partial charge in [0.25, 0.3) is 5.91 Å². The molecule has 2 aliphatic heterocycles. The van der Waals surface area contributed by atoms with Crippen LogP contribution in [-0.4, -0.2) is 66.5 Å². The largest absolute Gasteiger partial charge is 0.444 e. The lowest BCUT2D eigenvalue weighted by Gasteiger charge is -2.31. The van der Waals surface area contributed by atoms with E-state index in [4.69, 9.17) is 4.74 Å². The summed E-state index contributed by atoms with van der Waals surface area (Å²) in [5.74, 6) is -0.821. The van der Waals surface area contributed by atoms with Crippen molar-refractivity contribution in [3.8, 4) is 0 Å². The van der Waals surface area contributed by atoms with Crippen molar-refractivity contribution in [1.29, 1.82) is 0 Å². The SMILES string of the molecule is CC(C)(C)OC(=O)NC1CN(C(=O)C(C)(C)C)c2ccccc2N(CC(=O)N2CCCC2)C1=O. The lowest BCUT2D eigenvalue weighted by atomic mass is 9.94. The van der Waals surface area contributed by atoms with Crippen molar-refractivity contribution in [1.82, 2.24) is 10.2 Å². The molecule has 1 aromatic rings. The van der Waals surface area contributed by atoms with E-state index in [0.29, 0.717) is 24.5 Å². The van der Waals surface area contributed by atoms with Crippen LogP contribution in [0.5, 0.6) is 0 Å². The zero-order valence-electron chi connectivity index (χ0n) is 21.0. The number of nitrogens with zero attached hydrogens (tertiary/aromatic N) is 3. The maximum absolute atomic E-state index is 13.7. The molecule has 1 unspecified atom stereocenters. The summed E-state index contributed by atoms with van der Waals surface area (Å²) in [4.78, 5) is 57.4. The van der Waals surface area contributed by atoms with Crippen LogP contribution in [-0.2, 0) is 19.1 Å². The van der Waals surface area contributed by atoms with Crippen LogP contribution in [0.4, 0.5) is 16.2 Å². The van der Waals surface area contributed by atoms with Crippen LogP contribution in [0, 0.1) is 5.41 Å². The number of likely N-dealkylation sites (tertiary alicyclic amines) is 1. The molecule has 2 heterocycles. The number of rotatable bonds is 3. The zero-order chi connectivity index (χ0) is 25.3.